The standard InChI is InChI=1S/C14H25NO2/c1-2-17-14(16)13-10-12(8-9-15-13)11-6-4-3-5-7-11/h11-13,15H,2-10H2,1H3. The molecule has 0 bridgehead atoms. The lowest BCUT2D eigenvalue weighted by atomic mass is 9.74. The highest BCUT2D eigenvalue weighted by atomic mass is 16.5. The molecule has 2 atom stereocenters. The average molecular weight is 239 g/mol. The number of carbonyl (C=O) groups is 1. The van der Waals surface area contributed by atoms with Crippen molar-refractivity contribution >= 4 is 5.97 Å². The number of rotatable bonds is 3. The molecule has 0 aromatic rings. The SMILES string of the molecule is CCOC(=O)C1CC(C2CCCCC2)CCN1. The van der Waals surface area contributed by atoms with E-state index in [0.717, 1.165) is 24.8 Å². The number of ether oxygens (including phenoxy) is 1. The highest BCUT2D eigenvalue weighted by Gasteiger charge is 2.32. The van der Waals surface area contributed by atoms with Crippen molar-refractivity contribution in [3.8, 4) is 0 Å². The van der Waals surface area contributed by atoms with Crippen molar-refractivity contribution in [2.75, 3.05) is 13.2 Å². The number of piperidine rings is 1. The van der Waals surface area contributed by atoms with E-state index < -0.39 is 0 Å². The highest BCUT2D eigenvalue weighted by Crippen LogP contribution is 2.35. The van der Waals surface area contributed by atoms with Crippen LogP contribution >= 0.6 is 0 Å². The summed E-state index contributed by atoms with van der Waals surface area (Å²) in [4.78, 5) is 11.7. The van der Waals surface area contributed by atoms with E-state index in [1.165, 1.54) is 38.5 Å². The van der Waals surface area contributed by atoms with Crippen molar-refractivity contribution in [2.45, 2.75) is 57.9 Å². The van der Waals surface area contributed by atoms with E-state index in [9.17, 15) is 4.79 Å². The summed E-state index contributed by atoms with van der Waals surface area (Å²) in [5.74, 6) is 1.56. The molecule has 0 aromatic carbocycles. The van der Waals surface area contributed by atoms with Gasteiger partial charge in [0, 0.05) is 0 Å². The Morgan fingerprint density at radius 2 is 1.94 bits per heavy atom. The quantitative estimate of drug-likeness (QED) is 0.769. The van der Waals surface area contributed by atoms with Gasteiger partial charge in [0.1, 0.15) is 6.04 Å². The number of esters is 1. The fourth-order valence-electron chi connectivity index (χ4n) is 3.40. The molecule has 0 radical (unpaired) electrons. The van der Waals surface area contributed by atoms with Crippen LogP contribution in [0.1, 0.15) is 51.9 Å². The van der Waals surface area contributed by atoms with Crippen LogP contribution in [-0.2, 0) is 9.53 Å². The molecule has 2 unspecified atom stereocenters. The maximum atomic E-state index is 11.7. The molecule has 1 N–H and O–H groups in total. The van der Waals surface area contributed by atoms with Crippen LogP contribution in [0.2, 0.25) is 0 Å². The van der Waals surface area contributed by atoms with Crippen molar-refractivity contribution in [3.05, 3.63) is 0 Å². The molecule has 1 heterocycles. The van der Waals surface area contributed by atoms with Crippen molar-refractivity contribution in [1.29, 1.82) is 0 Å². The van der Waals surface area contributed by atoms with Crippen LogP contribution in [0, 0.1) is 11.8 Å². The summed E-state index contributed by atoms with van der Waals surface area (Å²) in [6, 6.07) is -0.0457. The van der Waals surface area contributed by atoms with Crippen LogP contribution in [-0.4, -0.2) is 25.2 Å². The van der Waals surface area contributed by atoms with Gasteiger partial charge < -0.3 is 10.1 Å². The Balaban J connectivity index is 1.85. The summed E-state index contributed by atoms with van der Waals surface area (Å²) in [7, 11) is 0. The second kappa shape index (κ2) is 6.39. The Morgan fingerprint density at radius 3 is 2.65 bits per heavy atom. The smallest absolute Gasteiger partial charge is 0.323 e. The molecule has 1 aliphatic heterocycles. The molecule has 1 saturated heterocycles. The first-order valence-electron chi connectivity index (χ1n) is 7.21. The molecule has 0 spiro atoms. The lowest BCUT2D eigenvalue weighted by molar-refractivity contribution is -0.147. The maximum Gasteiger partial charge on any atom is 0.323 e. The largest absolute Gasteiger partial charge is 0.465 e. The molecule has 98 valence electrons. The fraction of sp³-hybridized carbons (Fsp3) is 0.929. The van der Waals surface area contributed by atoms with E-state index in [4.69, 9.17) is 4.74 Å². The van der Waals surface area contributed by atoms with Gasteiger partial charge in [-0.25, -0.2) is 0 Å². The van der Waals surface area contributed by atoms with E-state index in [-0.39, 0.29) is 12.0 Å². The van der Waals surface area contributed by atoms with Crippen LogP contribution in [0.4, 0.5) is 0 Å². The van der Waals surface area contributed by atoms with Gasteiger partial charge in [-0.2, -0.15) is 0 Å². The molecule has 2 fully saturated rings. The maximum absolute atomic E-state index is 11.7. The predicted octanol–water partition coefficient (Wildman–Crippen LogP) is 2.50. The third-order valence-corrected chi connectivity index (χ3v) is 4.33. The molecule has 2 aliphatic rings. The van der Waals surface area contributed by atoms with Crippen LogP contribution in [0.25, 0.3) is 0 Å². The first-order chi connectivity index (χ1) is 8.31. The van der Waals surface area contributed by atoms with Gasteiger partial charge in [-0.1, -0.05) is 32.1 Å². The Bertz CT molecular complexity index is 249. The topological polar surface area (TPSA) is 38.3 Å². The minimum atomic E-state index is -0.0481. The zero-order valence-corrected chi connectivity index (χ0v) is 10.9. The number of carbonyl (C=O) groups excluding carboxylic acids is 1. The summed E-state index contributed by atoms with van der Waals surface area (Å²) < 4.78 is 5.12. The van der Waals surface area contributed by atoms with Gasteiger partial charge in [-0.05, 0) is 38.1 Å². The monoisotopic (exact) mass is 239 g/mol. The molecule has 0 amide bonds. The van der Waals surface area contributed by atoms with Crippen molar-refractivity contribution in [1.82, 2.24) is 5.32 Å². The Morgan fingerprint density at radius 1 is 1.18 bits per heavy atom. The summed E-state index contributed by atoms with van der Waals surface area (Å²) in [6.07, 6.45) is 9.16. The van der Waals surface area contributed by atoms with Gasteiger partial charge >= 0.3 is 5.97 Å². The Labute approximate surface area is 104 Å². The summed E-state index contributed by atoms with van der Waals surface area (Å²) in [5, 5.41) is 3.30. The first kappa shape index (κ1) is 12.9. The summed E-state index contributed by atoms with van der Waals surface area (Å²) in [6.45, 7) is 3.34. The molecular weight excluding hydrogens is 214 g/mol. The molecule has 3 heteroatoms. The molecule has 1 aliphatic carbocycles. The van der Waals surface area contributed by atoms with Gasteiger partial charge in [0.2, 0.25) is 0 Å². The number of hydrogen-bond acceptors (Lipinski definition) is 3. The fourth-order valence-corrected chi connectivity index (χ4v) is 3.40. The van der Waals surface area contributed by atoms with Crippen molar-refractivity contribution < 1.29 is 9.53 Å². The second-order valence-corrected chi connectivity index (χ2v) is 5.44. The van der Waals surface area contributed by atoms with Crippen LogP contribution in [0.3, 0.4) is 0 Å². The lowest BCUT2D eigenvalue weighted by Crippen LogP contribution is -2.46. The van der Waals surface area contributed by atoms with E-state index in [1.807, 2.05) is 6.92 Å². The van der Waals surface area contributed by atoms with Crippen LogP contribution in [0.15, 0.2) is 0 Å². The normalized spacial score (nSPS) is 31.1. The van der Waals surface area contributed by atoms with Gasteiger partial charge in [0.25, 0.3) is 0 Å². The van der Waals surface area contributed by atoms with Gasteiger partial charge in [-0.15, -0.1) is 0 Å². The van der Waals surface area contributed by atoms with Gasteiger partial charge in [-0.3, -0.25) is 4.79 Å². The molecule has 2 rings (SSSR count). The Kier molecular flexibility index (Phi) is 4.84. The second-order valence-electron chi connectivity index (χ2n) is 5.44. The Hall–Kier alpha value is -0.570. The summed E-state index contributed by atoms with van der Waals surface area (Å²) >= 11 is 0. The van der Waals surface area contributed by atoms with E-state index in [1.54, 1.807) is 0 Å². The van der Waals surface area contributed by atoms with E-state index in [0.29, 0.717) is 6.61 Å². The molecular formula is C14H25NO2. The van der Waals surface area contributed by atoms with E-state index >= 15 is 0 Å². The first-order valence-corrected chi connectivity index (χ1v) is 7.21. The zero-order chi connectivity index (χ0) is 12.1. The van der Waals surface area contributed by atoms with Crippen LogP contribution in [0.5, 0.6) is 0 Å². The average Bonchev–Trinajstić information content (AvgIpc) is 2.40. The third-order valence-electron chi connectivity index (χ3n) is 4.33. The predicted molar refractivity (Wildman–Crippen MR) is 67.7 cm³/mol. The third kappa shape index (κ3) is 3.44. The molecule has 3 nitrogen and oxygen atoms in total. The summed E-state index contributed by atoms with van der Waals surface area (Å²) in [5.41, 5.74) is 0. The molecule has 1 saturated carbocycles. The lowest BCUT2D eigenvalue weighted by Gasteiger charge is -2.36. The highest BCUT2D eigenvalue weighted by molar-refractivity contribution is 5.75. The van der Waals surface area contributed by atoms with Gasteiger partial charge in [0.05, 0.1) is 6.61 Å². The zero-order valence-electron chi connectivity index (χ0n) is 10.9. The minimum Gasteiger partial charge on any atom is -0.465 e. The molecule has 17 heavy (non-hydrogen) atoms. The van der Waals surface area contributed by atoms with Gasteiger partial charge in [0.15, 0.2) is 0 Å². The van der Waals surface area contributed by atoms with Crippen molar-refractivity contribution in [3.63, 3.8) is 0 Å². The minimum absolute atomic E-state index is 0.0457. The van der Waals surface area contributed by atoms with E-state index in [2.05, 4.69) is 5.32 Å². The van der Waals surface area contributed by atoms with Crippen molar-refractivity contribution in [2.24, 2.45) is 11.8 Å². The van der Waals surface area contributed by atoms with Crippen LogP contribution < -0.4 is 5.32 Å². The number of hydrogen-bond donors (Lipinski definition) is 1. The molecule has 0 aromatic heterocycles. The number of nitrogens with one attached hydrogen (secondary N) is 1.